The smallest absolute Gasteiger partial charge is 0.341 e. The van der Waals surface area contributed by atoms with Gasteiger partial charge in [0, 0.05) is 11.4 Å². The molecule has 0 radical (unpaired) electrons. The zero-order valence-corrected chi connectivity index (χ0v) is 22.0. The van der Waals surface area contributed by atoms with Crippen LogP contribution in [0.4, 0.5) is 5.00 Å². The molecule has 0 atom stereocenters. The summed E-state index contributed by atoms with van der Waals surface area (Å²) < 4.78 is 13.0. The van der Waals surface area contributed by atoms with E-state index in [1.807, 2.05) is 51.3 Å². The number of amides is 1. The van der Waals surface area contributed by atoms with E-state index in [1.165, 1.54) is 28.7 Å². The molecule has 0 fully saturated rings. The number of ether oxygens (including phenoxy) is 2. The van der Waals surface area contributed by atoms with Gasteiger partial charge >= 0.3 is 5.97 Å². The van der Waals surface area contributed by atoms with Gasteiger partial charge in [-0.3, -0.25) is 4.79 Å². The van der Waals surface area contributed by atoms with Crippen LogP contribution in [0, 0.1) is 27.7 Å². The zero-order chi connectivity index (χ0) is 24.8. The summed E-state index contributed by atoms with van der Waals surface area (Å²) in [4.78, 5) is 26.0. The molecule has 182 valence electrons. The topological polar surface area (TPSA) is 95.3 Å². The first kappa shape index (κ1) is 25.8. The number of anilines is 1. The van der Waals surface area contributed by atoms with Gasteiger partial charge in [0.2, 0.25) is 5.91 Å². The van der Waals surface area contributed by atoms with E-state index in [-0.39, 0.29) is 24.9 Å². The average Bonchev–Trinajstić information content (AvgIpc) is 3.31. The van der Waals surface area contributed by atoms with Crippen molar-refractivity contribution >= 4 is 40.0 Å². The van der Waals surface area contributed by atoms with Gasteiger partial charge in [0.1, 0.15) is 17.4 Å². The molecule has 0 unspecified atom stereocenters. The Bertz CT molecular complexity index is 1190. The molecular formula is C24H30N4O4S2. The average molecular weight is 503 g/mol. The van der Waals surface area contributed by atoms with Crippen LogP contribution in [0.5, 0.6) is 5.75 Å². The monoisotopic (exact) mass is 502 g/mol. The first-order valence-electron chi connectivity index (χ1n) is 11.1. The number of carbonyl (C=O) groups excluding carboxylic acids is 2. The Kier molecular flexibility index (Phi) is 8.73. The lowest BCUT2D eigenvalue weighted by atomic mass is 10.1. The largest absolute Gasteiger partial charge is 0.485 e. The molecule has 0 aliphatic rings. The van der Waals surface area contributed by atoms with Gasteiger partial charge < -0.3 is 19.4 Å². The predicted molar refractivity (Wildman–Crippen MR) is 135 cm³/mol. The molecule has 1 amide bonds. The van der Waals surface area contributed by atoms with E-state index in [0.29, 0.717) is 28.1 Å². The Labute approximate surface area is 208 Å². The van der Waals surface area contributed by atoms with Gasteiger partial charge in [-0.05, 0) is 58.7 Å². The second kappa shape index (κ2) is 11.5. The van der Waals surface area contributed by atoms with Crippen molar-refractivity contribution in [1.29, 1.82) is 0 Å². The fraction of sp³-hybridized carbons (Fsp3) is 0.417. The number of aryl methyl sites for hydroxylation is 3. The molecule has 0 aliphatic heterocycles. The van der Waals surface area contributed by atoms with Gasteiger partial charge in [-0.15, -0.1) is 21.5 Å². The van der Waals surface area contributed by atoms with E-state index < -0.39 is 5.97 Å². The van der Waals surface area contributed by atoms with Crippen LogP contribution in [0.1, 0.15) is 51.6 Å². The maximum Gasteiger partial charge on any atom is 0.341 e. The molecule has 0 spiro atoms. The SMILES string of the molecule is CCOC(=O)c1c(NC(=O)CSc2nnc(COc3ccc(C)cc3C)n2CC)sc(C)c1C. The van der Waals surface area contributed by atoms with Crippen molar-refractivity contribution in [3.8, 4) is 5.75 Å². The molecule has 8 nitrogen and oxygen atoms in total. The normalized spacial score (nSPS) is 10.9. The second-order valence-corrected chi connectivity index (χ2v) is 9.91. The third kappa shape index (κ3) is 5.98. The lowest BCUT2D eigenvalue weighted by Gasteiger charge is -2.11. The van der Waals surface area contributed by atoms with E-state index in [0.717, 1.165) is 21.8 Å². The molecule has 3 aromatic rings. The van der Waals surface area contributed by atoms with Crippen LogP contribution < -0.4 is 10.1 Å². The van der Waals surface area contributed by atoms with Crippen LogP contribution in [0.15, 0.2) is 23.4 Å². The predicted octanol–water partition coefficient (Wildman–Crippen LogP) is 5.08. The molecule has 0 bridgehead atoms. The molecule has 10 heteroatoms. The first-order valence-corrected chi connectivity index (χ1v) is 12.9. The minimum atomic E-state index is -0.425. The molecule has 2 aromatic heterocycles. The number of rotatable bonds is 10. The molecule has 2 heterocycles. The lowest BCUT2D eigenvalue weighted by Crippen LogP contribution is -2.17. The summed E-state index contributed by atoms with van der Waals surface area (Å²) >= 11 is 2.66. The zero-order valence-electron chi connectivity index (χ0n) is 20.4. The van der Waals surface area contributed by atoms with Gasteiger partial charge in [0.15, 0.2) is 11.0 Å². The van der Waals surface area contributed by atoms with E-state index in [9.17, 15) is 9.59 Å². The Morgan fingerprint density at radius 2 is 1.91 bits per heavy atom. The Balaban J connectivity index is 1.64. The maximum atomic E-state index is 12.7. The summed E-state index contributed by atoms with van der Waals surface area (Å²) in [5.41, 5.74) is 3.49. The number of hydrogen-bond donors (Lipinski definition) is 1. The lowest BCUT2D eigenvalue weighted by molar-refractivity contribution is -0.113. The fourth-order valence-corrected chi connectivity index (χ4v) is 5.30. The van der Waals surface area contributed by atoms with Crippen molar-refractivity contribution in [2.24, 2.45) is 0 Å². The van der Waals surface area contributed by atoms with Gasteiger partial charge in [-0.2, -0.15) is 0 Å². The number of hydrogen-bond acceptors (Lipinski definition) is 8. The van der Waals surface area contributed by atoms with Gasteiger partial charge in [-0.25, -0.2) is 4.79 Å². The van der Waals surface area contributed by atoms with E-state index >= 15 is 0 Å². The number of nitrogens with zero attached hydrogens (tertiary/aromatic N) is 3. The highest BCUT2D eigenvalue weighted by Gasteiger charge is 2.22. The summed E-state index contributed by atoms with van der Waals surface area (Å²) in [6.45, 7) is 12.8. The summed E-state index contributed by atoms with van der Waals surface area (Å²) in [6.07, 6.45) is 0. The quantitative estimate of drug-likeness (QED) is 0.305. The van der Waals surface area contributed by atoms with Crippen LogP contribution in [-0.4, -0.2) is 39.0 Å². The van der Waals surface area contributed by atoms with Crippen LogP contribution in [0.3, 0.4) is 0 Å². The Morgan fingerprint density at radius 3 is 2.59 bits per heavy atom. The van der Waals surface area contributed by atoms with Crippen LogP contribution in [0.2, 0.25) is 0 Å². The summed E-state index contributed by atoms with van der Waals surface area (Å²) in [6, 6.07) is 6.04. The number of nitrogens with one attached hydrogen (secondary N) is 1. The van der Waals surface area contributed by atoms with Crippen molar-refractivity contribution in [2.75, 3.05) is 17.7 Å². The minimum Gasteiger partial charge on any atom is -0.485 e. The van der Waals surface area contributed by atoms with Crippen LogP contribution >= 0.6 is 23.1 Å². The van der Waals surface area contributed by atoms with E-state index in [2.05, 4.69) is 21.6 Å². The maximum absolute atomic E-state index is 12.7. The van der Waals surface area contributed by atoms with Gasteiger partial charge in [0.05, 0.1) is 17.9 Å². The van der Waals surface area contributed by atoms with E-state index in [1.54, 1.807) is 6.92 Å². The highest BCUT2D eigenvalue weighted by Crippen LogP contribution is 2.33. The number of esters is 1. The molecule has 0 saturated heterocycles. The van der Waals surface area contributed by atoms with Crippen molar-refractivity contribution in [1.82, 2.24) is 14.8 Å². The number of benzene rings is 1. The molecule has 0 aliphatic carbocycles. The number of thioether (sulfide) groups is 1. The van der Waals surface area contributed by atoms with Gasteiger partial charge in [-0.1, -0.05) is 29.5 Å². The Morgan fingerprint density at radius 1 is 1.15 bits per heavy atom. The first-order chi connectivity index (χ1) is 16.2. The van der Waals surface area contributed by atoms with Crippen LogP contribution in [0.25, 0.3) is 0 Å². The van der Waals surface area contributed by atoms with Gasteiger partial charge in [0.25, 0.3) is 0 Å². The highest BCUT2D eigenvalue weighted by molar-refractivity contribution is 7.99. The van der Waals surface area contributed by atoms with Crippen LogP contribution in [-0.2, 0) is 22.7 Å². The molecule has 34 heavy (non-hydrogen) atoms. The number of thiophene rings is 1. The molecule has 1 aromatic carbocycles. The van der Waals surface area contributed by atoms with Crippen molar-refractivity contribution in [2.45, 2.75) is 59.9 Å². The molecule has 1 N–H and O–H groups in total. The third-order valence-electron chi connectivity index (χ3n) is 5.25. The third-order valence-corrected chi connectivity index (χ3v) is 7.34. The van der Waals surface area contributed by atoms with Crippen molar-refractivity contribution in [3.63, 3.8) is 0 Å². The standard InChI is InChI=1S/C24H30N4O4S2/c1-7-28-19(12-32-18-10-9-14(3)11-15(18)4)26-27-24(28)33-13-20(29)25-22-21(23(30)31-8-2)16(5)17(6)34-22/h9-11H,7-8,12-13H2,1-6H3,(H,25,29). The Hall–Kier alpha value is -2.85. The summed E-state index contributed by atoms with van der Waals surface area (Å²) in [5.74, 6) is 0.985. The molecular weight excluding hydrogens is 472 g/mol. The minimum absolute atomic E-state index is 0.133. The second-order valence-electron chi connectivity index (χ2n) is 7.75. The highest BCUT2D eigenvalue weighted by atomic mass is 32.2. The van der Waals surface area contributed by atoms with E-state index in [4.69, 9.17) is 9.47 Å². The summed E-state index contributed by atoms with van der Waals surface area (Å²) in [5, 5.41) is 12.5. The molecule has 3 rings (SSSR count). The van der Waals surface area contributed by atoms with Crippen molar-refractivity contribution in [3.05, 3.63) is 51.2 Å². The molecule has 0 saturated carbocycles. The summed E-state index contributed by atoms with van der Waals surface area (Å²) in [7, 11) is 0. The fourth-order valence-electron chi connectivity index (χ4n) is 3.41. The number of aromatic nitrogens is 3. The van der Waals surface area contributed by atoms with Crippen molar-refractivity contribution < 1.29 is 19.1 Å². The number of carbonyl (C=O) groups is 2.